The van der Waals surface area contributed by atoms with Gasteiger partial charge in [-0.1, -0.05) is 60.7 Å². The molecule has 0 aliphatic heterocycles. The fraction of sp³-hybridized carbons (Fsp3) is 0. The van der Waals surface area contributed by atoms with Gasteiger partial charge in [0.15, 0.2) is 0 Å². The number of nitrogens with one attached hydrogen (secondary N) is 1. The zero-order valence-electron chi connectivity index (χ0n) is 16.0. The van der Waals surface area contributed by atoms with Crippen LogP contribution in [0.15, 0.2) is 91.1 Å². The first-order valence-electron chi connectivity index (χ1n) is 9.59. The number of para-hydroxylation sites is 3. The van der Waals surface area contributed by atoms with Gasteiger partial charge < -0.3 is 4.98 Å². The van der Waals surface area contributed by atoms with Gasteiger partial charge in [-0.15, -0.1) is 0 Å². The van der Waals surface area contributed by atoms with Crippen molar-refractivity contribution in [3.05, 3.63) is 103 Å². The van der Waals surface area contributed by atoms with Crippen LogP contribution in [0.25, 0.3) is 39.6 Å². The van der Waals surface area contributed by atoms with Crippen LogP contribution in [0.1, 0.15) is 11.4 Å². The maximum absolute atomic E-state index is 9.85. The van der Waals surface area contributed by atoms with Crippen molar-refractivity contribution in [2.45, 2.75) is 0 Å². The first-order chi connectivity index (χ1) is 14.8. The third-order valence-electron chi connectivity index (χ3n) is 4.88. The molecular weight excluding hydrogens is 370 g/mol. The normalized spacial score (nSPS) is 11.5. The van der Waals surface area contributed by atoms with Crippen LogP contribution in [0.2, 0.25) is 0 Å². The topological polar surface area (TPSA) is 70.3 Å². The number of H-pyrrole nitrogens is 1. The minimum atomic E-state index is 0.455. The van der Waals surface area contributed by atoms with Crippen LogP contribution >= 0.6 is 0 Å². The standard InChI is InChI=1S/C25H17N5/c26-16-19(25-27-22-13-7-8-14-23(22)28-25)15-20-17-30(21-11-5-2-6-12-21)29-24(20)18-9-3-1-4-10-18/h1-15,17H,(H,27,28). The number of hydrogen-bond acceptors (Lipinski definition) is 3. The summed E-state index contributed by atoms with van der Waals surface area (Å²) >= 11 is 0. The predicted molar refractivity (Wildman–Crippen MR) is 119 cm³/mol. The Hall–Kier alpha value is -4.43. The average molecular weight is 387 g/mol. The molecule has 5 heteroatoms. The highest BCUT2D eigenvalue weighted by Gasteiger charge is 2.14. The highest BCUT2D eigenvalue weighted by Crippen LogP contribution is 2.27. The second kappa shape index (κ2) is 7.53. The lowest BCUT2D eigenvalue weighted by atomic mass is 10.1. The molecule has 0 bridgehead atoms. The molecule has 5 rings (SSSR count). The number of benzene rings is 3. The molecule has 0 atom stereocenters. The van der Waals surface area contributed by atoms with Crippen LogP contribution in [-0.2, 0) is 0 Å². The van der Waals surface area contributed by atoms with Crippen molar-refractivity contribution in [1.29, 1.82) is 5.26 Å². The zero-order chi connectivity index (χ0) is 20.3. The molecule has 0 spiro atoms. The molecule has 0 amide bonds. The number of hydrogen-bond donors (Lipinski definition) is 1. The molecule has 5 nitrogen and oxygen atoms in total. The number of aromatic amines is 1. The fourth-order valence-corrected chi connectivity index (χ4v) is 3.42. The van der Waals surface area contributed by atoms with Gasteiger partial charge in [-0.2, -0.15) is 10.4 Å². The van der Waals surface area contributed by atoms with E-state index in [-0.39, 0.29) is 0 Å². The number of aromatic nitrogens is 4. The van der Waals surface area contributed by atoms with E-state index < -0.39 is 0 Å². The highest BCUT2D eigenvalue weighted by atomic mass is 15.3. The Morgan fingerprint density at radius 1 is 0.900 bits per heavy atom. The van der Waals surface area contributed by atoms with Gasteiger partial charge in [-0.3, -0.25) is 0 Å². The van der Waals surface area contributed by atoms with Crippen molar-refractivity contribution in [2.24, 2.45) is 0 Å². The molecule has 0 fully saturated rings. The van der Waals surface area contributed by atoms with E-state index in [1.807, 2.05) is 102 Å². The Morgan fingerprint density at radius 2 is 1.60 bits per heavy atom. The Morgan fingerprint density at radius 3 is 2.33 bits per heavy atom. The molecule has 2 heterocycles. The number of fused-ring (bicyclic) bond motifs is 1. The second-order valence-electron chi connectivity index (χ2n) is 6.85. The Labute approximate surface area is 173 Å². The third-order valence-corrected chi connectivity index (χ3v) is 4.88. The SMILES string of the molecule is N#CC(=Cc1cn(-c2ccccc2)nc1-c1ccccc1)c1nc2ccccc2[nH]1. The summed E-state index contributed by atoms with van der Waals surface area (Å²) in [6, 6.07) is 29.9. The summed E-state index contributed by atoms with van der Waals surface area (Å²) in [7, 11) is 0. The van der Waals surface area contributed by atoms with E-state index in [4.69, 9.17) is 5.10 Å². The monoisotopic (exact) mass is 387 g/mol. The third kappa shape index (κ3) is 3.27. The number of rotatable bonds is 4. The van der Waals surface area contributed by atoms with Crippen LogP contribution < -0.4 is 0 Å². The van der Waals surface area contributed by atoms with Crippen molar-refractivity contribution < 1.29 is 0 Å². The average Bonchev–Trinajstić information content (AvgIpc) is 3.43. The van der Waals surface area contributed by atoms with E-state index in [1.54, 1.807) is 0 Å². The molecule has 3 aromatic carbocycles. The van der Waals surface area contributed by atoms with Crippen LogP contribution in [0.5, 0.6) is 0 Å². The first kappa shape index (κ1) is 17.7. The van der Waals surface area contributed by atoms with Gasteiger partial charge in [0.1, 0.15) is 11.9 Å². The lowest BCUT2D eigenvalue weighted by Crippen LogP contribution is -1.93. The van der Waals surface area contributed by atoms with Crippen molar-refractivity contribution in [3.8, 4) is 23.0 Å². The fourth-order valence-electron chi connectivity index (χ4n) is 3.42. The zero-order valence-corrected chi connectivity index (χ0v) is 16.0. The maximum Gasteiger partial charge on any atom is 0.149 e. The van der Waals surface area contributed by atoms with Gasteiger partial charge >= 0.3 is 0 Å². The van der Waals surface area contributed by atoms with E-state index in [2.05, 4.69) is 16.0 Å². The summed E-state index contributed by atoms with van der Waals surface area (Å²) in [5.74, 6) is 0.546. The van der Waals surface area contributed by atoms with E-state index in [0.717, 1.165) is 33.5 Å². The number of allylic oxidation sites excluding steroid dienone is 1. The summed E-state index contributed by atoms with van der Waals surface area (Å²) in [5.41, 5.74) is 5.78. The molecule has 0 saturated carbocycles. The lowest BCUT2D eigenvalue weighted by Gasteiger charge is -2.00. The Kier molecular flexibility index (Phi) is 4.43. The van der Waals surface area contributed by atoms with E-state index >= 15 is 0 Å². The Balaban J connectivity index is 1.66. The van der Waals surface area contributed by atoms with Gasteiger partial charge in [-0.05, 0) is 30.3 Å². The van der Waals surface area contributed by atoms with Crippen LogP contribution in [0.4, 0.5) is 0 Å². The van der Waals surface area contributed by atoms with E-state index in [1.165, 1.54) is 0 Å². The molecule has 5 aromatic rings. The smallest absolute Gasteiger partial charge is 0.149 e. The molecule has 0 aliphatic carbocycles. The first-order valence-corrected chi connectivity index (χ1v) is 9.59. The molecule has 0 saturated heterocycles. The lowest BCUT2D eigenvalue weighted by molar-refractivity contribution is 0.884. The summed E-state index contributed by atoms with van der Waals surface area (Å²) in [5, 5.41) is 14.7. The van der Waals surface area contributed by atoms with Gasteiger partial charge in [0.2, 0.25) is 0 Å². The largest absolute Gasteiger partial charge is 0.337 e. The molecular formula is C25H17N5. The number of imidazole rings is 1. The van der Waals surface area contributed by atoms with Gasteiger partial charge in [0.05, 0.1) is 28.0 Å². The molecule has 30 heavy (non-hydrogen) atoms. The van der Waals surface area contributed by atoms with Gasteiger partial charge in [-0.25, -0.2) is 9.67 Å². The number of nitrogens with zero attached hydrogens (tertiary/aromatic N) is 4. The van der Waals surface area contributed by atoms with Crippen molar-refractivity contribution in [1.82, 2.24) is 19.7 Å². The predicted octanol–water partition coefficient (Wildman–Crippen LogP) is 5.48. The maximum atomic E-state index is 9.85. The number of nitriles is 1. The summed E-state index contributed by atoms with van der Waals surface area (Å²) in [6.45, 7) is 0. The minimum Gasteiger partial charge on any atom is -0.337 e. The van der Waals surface area contributed by atoms with Crippen molar-refractivity contribution >= 4 is 22.7 Å². The molecule has 1 N–H and O–H groups in total. The van der Waals surface area contributed by atoms with E-state index in [9.17, 15) is 5.26 Å². The highest BCUT2D eigenvalue weighted by molar-refractivity contribution is 5.92. The van der Waals surface area contributed by atoms with Crippen molar-refractivity contribution in [2.75, 3.05) is 0 Å². The van der Waals surface area contributed by atoms with Crippen molar-refractivity contribution in [3.63, 3.8) is 0 Å². The van der Waals surface area contributed by atoms with Gasteiger partial charge in [0.25, 0.3) is 0 Å². The summed E-state index contributed by atoms with van der Waals surface area (Å²) < 4.78 is 1.84. The van der Waals surface area contributed by atoms with E-state index in [0.29, 0.717) is 11.4 Å². The second-order valence-corrected chi connectivity index (χ2v) is 6.85. The molecule has 0 unspecified atom stereocenters. The Bertz CT molecular complexity index is 1350. The van der Waals surface area contributed by atoms with Crippen LogP contribution in [0, 0.1) is 11.3 Å². The van der Waals surface area contributed by atoms with Crippen LogP contribution in [0.3, 0.4) is 0 Å². The summed E-state index contributed by atoms with van der Waals surface area (Å²) in [4.78, 5) is 7.81. The van der Waals surface area contributed by atoms with Gasteiger partial charge in [0, 0.05) is 17.3 Å². The molecule has 0 radical (unpaired) electrons. The quantitative estimate of drug-likeness (QED) is 0.415. The molecule has 142 valence electrons. The van der Waals surface area contributed by atoms with Crippen LogP contribution in [-0.4, -0.2) is 19.7 Å². The minimum absolute atomic E-state index is 0.455. The molecule has 0 aliphatic rings. The summed E-state index contributed by atoms with van der Waals surface area (Å²) in [6.07, 6.45) is 3.78. The molecule has 2 aromatic heterocycles.